The number of morpholine rings is 1. The zero-order valence-electron chi connectivity index (χ0n) is 6.42. The Hall–Kier alpha value is -0.120. The van der Waals surface area contributed by atoms with Gasteiger partial charge in [0.25, 0.3) is 0 Å². The second-order valence-corrected chi connectivity index (χ2v) is 2.69. The molecule has 3 heteroatoms. The smallest absolute Gasteiger partial charge is 0.0725 e. The van der Waals surface area contributed by atoms with E-state index in [0.717, 1.165) is 12.8 Å². The second kappa shape index (κ2) is 3.91. The van der Waals surface area contributed by atoms with Gasteiger partial charge in [0.2, 0.25) is 0 Å². The number of nitrogens with zero attached hydrogens (tertiary/aromatic N) is 1. The lowest BCUT2D eigenvalue weighted by molar-refractivity contribution is -0.170. The van der Waals surface area contributed by atoms with Gasteiger partial charge in [-0.05, 0) is 6.42 Å². The van der Waals surface area contributed by atoms with Crippen molar-refractivity contribution >= 4 is 0 Å². The van der Waals surface area contributed by atoms with Gasteiger partial charge in [-0.15, -0.1) is 0 Å². The molecule has 0 radical (unpaired) electrons. The third-order valence-corrected chi connectivity index (χ3v) is 1.73. The molecule has 0 bridgehead atoms. The minimum absolute atomic E-state index is 0.253. The van der Waals surface area contributed by atoms with Gasteiger partial charge >= 0.3 is 0 Å². The maximum absolute atomic E-state index is 9.06. The van der Waals surface area contributed by atoms with Gasteiger partial charge in [-0.1, -0.05) is 13.3 Å². The summed E-state index contributed by atoms with van der Waals surface area (Å²) in [4.78, 5) is 0. The van der Waals surface area contributed by atoms with Crippen molar-refractivity contribution in [1.29, 1.82) is 0 Å². The highest BCUT2D eigenvalue weighted by Gasteiger charge is 2.17. The van der Waals surface area contributed by atoms with Gasteiger partial charge in [-0.25, -0.2) is 0 Å². The summed E-state index contributed by atoms with van der Waals surface area (Å²) in [6, 6.07) is 0. The molecule has 0 amide bonds. The first-order chi connectivity index (χ1) is 4.83. The van der Waals surface area contributed by atoms with Crippen molar-refractivity contribution in [2.45, 2.75) is 25.9 Å². The summed E-state index contributed by atoms with van der Waals surface area (Å²) in [5.41, 5.74) is 0. The number of hydrogen-bond acceptors (Lipinski definition) is 3. The van der Waals surface area contributed by atoms with E-state index in [4.69, 9.17) is 9.94 Å². The molecule has 3 nitrogen and oxygen atoms in total. The van der Waals surface area contributed by atoms with E-state index >= 15 is 0 Å². The molecule has 0 saturated carbocycles. The van der Waals surface area contributed by atoms with Crippen molar-refractivity contribution in [3.8, 4) is 0 Å². The fraction of sp³-hybridized carbons (Fsp3) is 1.00. The monoisotopic (exact) mass is 145 g/mol. The summed E-state index contributed by atoms with van der Waals surface area (Å²) in [7, 11) is 0. The van der Waals surface area contributed by atoms with Crippen molar-refractivity contribution in [3.05, 3.63) is 0 Å². The lowest BCUT2D eigenvalue weighted by atomic mass is 10.2. The van der Waals surface area contributed by atoms with E-state index < -0.39 is 0 Å². The summed E-state index contributed by atoms with van der Waals surface area (Å²) in [6.07, 6.45) is 2.43. The van der Waals surface area contributed by atoms with Crippen molar-refractivity contribution in [3.63, 3.8) is 0 Å². The van der Waals surface area contributed by atoms with Crippen LogP contribution in [0, 0.1) is 0 Å². The van der Waals surface area contributed by atoms with E-state index in [2.05, 4.69) is 6.92 Å². The molecule has 0 aromatic carbocycles. The van der Waals surface area contributed by atoms with Crippen LogP contribution in [0.3, 0.4) is 0 Å². The molecule has 10 heavy (non-hydrogen) atoms. The Morgan fingerprint density at radius 3 is 3.10 bits per heavy atom. The number of hydrogen-bond donors (Lipinski definition) is 1. The molecule has 1 atom stereocenters. The quantitative estimate of drug-likeness (QED) is 0.626. The lowest BCUT2D eigenvalue weighted by Crippen LogP contribution is -2.40. The largest absolute Gasteiger partial charge is 0.375 e. The van der Waals surface area contributed by atoms with E-state index in [-0.39, 0.29) is 6.10 Å². The summed E-state index contributed by atoms with van der Waals surface area (Å²) < 4.78 is 5.39. The fourth-order valence-corrected chi connectivity index (χ4v) is 1.20. The molecular formula is C7H15NO2. The van der Waals surface area contributed by atoms with Gasteiger partial charge in [0, 0.05) is 6.54 Å². The molecular weight excluding hydrogens is 130 g/mol. The average molecular weight is 145 g/mol. The molecule has 0 spiro atoms. The first-order valence-corrected chi connectivity index (χ1v) is 3.88. The Labute approximate surface area is 61.5 Å². The highest BCUT2D eigenvalue weighted by Crippen LogP contribution is 2.07. The number of ether oxygens (including phenoxy) is 1. The highest BCUT2D eigenvalue weighted by molar-refractivity contribution is 4.64. The van der Waals surface area contributed by atoms with Crippen LogP contribution in [0.2, 0.25) is 0 Å². The Balaban J connectivity index is 2.18. The standard InChI is InChI=1S/C7H15NO2/c1-2-3-7-6-8(9)4-5-10-7/h7,9H,2-6H2,1H3. The summed E-state index contributed by atoms with van der Waals surface area (Å²) in [5.74, 6) is 0. The van der Waals surface area contributed by atoms with Crippen LogP contribution < -0.4 is 0 Å². The van der Waals surface area contributed by atoms with E-state index in [9.17, 15) is 0 Å². The molecule has 0 aromatic rings. The minimum Gasteiger partial charge on any atom is -0.375 e. The molecule has 1 aliphatic heterocycles. The highest BCUT2D eigenvalue weighted by atomic mass is 16.5. The van der Waals surface area contributed by atoms with Gasteiger partial charge < -0.3 is 9.94 Å². The molecule has 1 rings (SSSR count). The Kier molecular flexibility index (Phi) is 3.12. The first kappa shape index (κ1) is 7.98. The van der Waals surface area contributed by atoms with E-state index in [1.165, 1.54) is 5.06 Å². The Morgan fingerprint density at radius 2 is 2.50 bits per heavy atom. The van der Waals surface area contributed by atoms with E-state index in [0.29, 0.717) is 19.7 Å². The second-order valence-electron chi connectivity index (χ2n) is 2.69. The van der Waals surface area contributed by atoms with Crippen LogP contribution >= 0.6 is 0 Å². The Morgan fingerprint density at radius 1 is 1.70 bits per heavy atom. The first-order valence-electron chi connectivity index (χ1n) is 3.88. The summed E-state index contributed by atoms with van der Waals surface area (Å²) >= 11 is 0. The molecule has 1 heterocycles. The van der Waals surface area contributed by atoms with Crippen LogP contribution in [0.25, 0.3) is 0 Å². The van der Waals surface area contributed by atoms with Gasteiger partial charge in [-0.3, -0.25) is 0 Å². The SMILES string of the molecule is CCCC1CN(O)CCO1. The molecule has 0 aliphatic carbocycles. The number of hydroxylamine groups is 2. The van der Waals surface area contributed by atoms with Gasteiger partial charge in [0.05, 0.1) is 19.3 Å². The zero-order chi connectivity index (χ0) is 7.40. The van der Waals surface area contributed by atoms with E-state index in [1.54, 1.807) is 0 Å². The lowest BCUT2D eigenvalue weighted by Gasteiger charge is -2.28. The molecule has 1 saturated heterocycles. The summed E-state index contributed by atoms with van der Waals surface area (Å²) in [5, 5.41) is 10.4. The predicted octanol–water partition coefficient (Wildman–Crippen LogP) is 0.877. The van der Waals surface area contributed by atoms with Gasteiger partial charge in [-0.2, -0.15) is 5.06 Å². The molecule has 0 aromatic heterocycles. The van der Waals surface area contributed by atoms with E-state index in [1.807, 2.05) is 0 Å². The zero-order valence-corrected chi connectivity index (χ0v) is 6.42. The van der Waals surface area contributed by atoms with Crippen molar-refractivity contribution in [2.24, 2.45) is 0 Å². The van der Waals surface area contributed by atoms with Crippen LogP contribution in [0.4, 0.5) is 0 Å². The van der Waals surface area contributed by atoms with Gasteiger partial charge in [0.1, 0.15) is 0 Å². The maximum Gasteiger partial charge on any atom is 0.0725 e. The maximum atomic E-state index is 9.06. The molecule has 60 valence electrons. The third kappa shape index (κ3) is 2.25. The van der Waals surface area contributed by atoms with Crippen molar-refractivity contribution < 1.29 is 9.94 Å². The van der Waals surface area contributed by atoms with Crippen LogP contribution in [-0.4, -0.2) is 36.1 Å². The third-order valence-electron chi connectivity index (χ3n) is 1.73. The molecule has 1 aliphatic rings. The van der Waals surface area contributed by atoms with Crippen LogP contribution in [0.15, 0.2) is 0 Å². The topological polar surface area (TPSA) is 32.7 Å². The minimum atomic E-state index is 0.253. The Bertz CT molecular complexity index is 95.6. The van der Waals surface area contributed by atoms with Gasteiger partial charge in [0.15, 0.2) is 0 Å². The molecule has 1 N–H and O–H groups in total. The predicted molar refractivity (Wildman–Crippen MR) is 38.0 cm³/mol. The van der Waals surface area contributed by atoms with Crippen LogP contribution in [-0.2, 0) is 4.74 Å². The van der Waals surface area contributed by atoms with Crippen molar-refractivity contribution in [1.82, 2.24) is 5.06 Å². The van der Waals surface area contributed by atoms with Crippen LogP contribution in [0.5, 0.6) is 0 Å². The average Bonchev–Trinajstić information content (AvgIpc) is 1.88. The summed E-state index contributed by atoms with van der Waals surface area (Å²) in [6.45, 7) is 4.12. The molecule has 1 fully saturated rings. The normalized spacial score (nSPS) is 28.8. The van der Waals surface area contributed by atoms with Crippen LogP contribution in [0.1, 0.15) is 19.8 Å². The molecule has 1 unspecified atom stereocenters. The fourth-order valence-electron chi connectivity index (χ4n) is 1.20. The number of rotatable bonds is 2. The van der Waals surface area contributed by atoms with Crippen molar-refractivity contribution in [2.75, 3.05) is 19.7 Å².